The fraction of sp³-hybridized carbons (Fsp3) is 0.650. The van der Waals surface area contributed by atoms with Gasteiger partial charge in [-0.05, 0) is 24.1 Å². The Morgan fingerprint density at radius 1 is 1.15 bits per heavy atom. The van der Waals surface area contributed by atoms with Gasteiger partial charge in [-0.2, -0.15) is 13.2 Å². The third-order valence-electron chi connectivity index (χ3n) is 4.69. The standard InChI is InChI=1S/C20H28F3NO2/c1-2-3-4-5-6-7-13-26-19-12-11-18(25)24(19)15-16-9-8-10-17(14-16)20(21,22)23/h8-10,14,19H,2-7,11-13,15H2,1H3. The van der Waals surface area contributed by atoms with E-state index in [1.54, 1.807) is 11.0 Å². The van der Waals surface area contributed by atoms with Crippen LogP contribution >= 0.6 is 0 Å². The minimum atomic E-state index is -4.38. The van der Waals surface area contributed by atoms with Crippen LogP contribution in [0.2, 0.25) is 0 Å². The van der Waals surface area contributed by atoms with Crippen LogP contribution in [0.4, 0.5) is 13.2 Å². The molecule has 0 N–H and O–H groups in total. The summed E-state index contributed by atoms with van der Waals surface area (Å²) in [6.45, 7) is 2.92. The Kier molecular flexibility index (Phi) is 7.94. The number of unbranched alkanes of at least 4 members (excludes halogenated alkanes) is 5. The number of rotatable bonds is 10. The SMILES string of the molecule is CCCCCCCCOC1CCC(=O)N1Cc1cccc(C(F)(F)F)c1. The summed E-state index contributed by atoms with van der Waals surface area (Å²) in [5.74, 6) is -0.0599. The van der Waals surface area contributed by atoms with Crippen LogP contribution in [0.15, 0.2) is 24.3 Å². The van der Waals surface area contributed by atoms with E-state index in [0.717, 1.165) is 25.0 Å². The maximum atomic E-state index is 12.8. The lowest BCUT2D eigenvalue weighted by atomic mass is 10.1. The zero-order valence-corrected chi connectivity index (χ0v) is 15.4. The topological polar surface area (TPSA) is 29.5 Å². The lowest BCUT2D eigenvalue weighted by Crippen LogP contribution is -2.34. The molecule has 3 nitrogen and oxygen atoms in total. The molecule has 1 aliphatic heterocycles. The predicted molar refractivity (Wildman–Crippen MR) is 94.3 cm³/mol. The average molecular weight is 371 g/mol. The van der Waals surface area contributed by atoms with Crippen molar-refractivity contribution in [1.82, 2.24) is 4.90 Å². The summed E-state index contributed by atoms with van der Waals surface area (Å²) in [7, 11) is 0. The summed E-state index contributed by atoms with van der Waals surface area (Å²) in [5.41, 5.74) is -0.213. The highest BCUT2D eigenvalue weighted by Crippen LogP contribution is 2.30. The maximum absolute atomic E-state index is 12.8. The Balaban J connectivity index is 1.84. The monoisotopic (exact) mass is 371 g/mol. The summed E-state index contributed by atoms with van der Waals surface area (Å²) < 4.78 is 44.4. The quantitative estimate of drug-likeness (QED) is 0.506. The molecule has 0 bridgehead atoms. The minimum absolute atomic E-state index is 0.0599. The first kappa shape index (κ1) is 20.7. The molecule has 2 rings (SSSR count). The number of benzene rings is 1. The summed E-state index contributed by atoms with van der Waals surface area (Å²) >= 11 is 0. The van der Waals surface area contributed by atoms with Crippen molar-refractivity contribution in [2.75, 3.05) is 6.61 Å². The van der Waals surface area contributed by atoms with E-state index in [2.05, 4.69) is 6.92 Å². The Bertz CT molecular complexity index is 574. The molecule has 0 saturated carbocycles. The molecule has 0 spiro atoms. The molecule has 0 radical (unpaired) electrons. The first-order chi connectivity index (χ1) is 12.4. The predicted octanol–water partition coefficient (Wildman–Crippen LogP) is 5.53. The van der Waals surface area contributed by atoms with E-state index in [-0.39, 0.29) is 18.7 Å². The van der Waals surface area contributed by atoms with Crippen LogP contribution in [0.5, 0.6) is 0 Å². The first-order valence-electron chi connectivity index (χ1n) is 9.49. The van der Waals surface area contributed by atoms with Crippen molar-refractivity contribution in [2.45, 2.75) is 77.2 Å². The molecule has 1 aliphatic rings. The Labute approximate surface area is 153 Å². The van der Waals surface area contributed by atoms with E-state index >= 15 is 0 Å². The van der Waals surface area contributed by atoms with E-state index in [9.17, 15) is 18.0 Å². The van der Waals surface area contributed by atoms with Crippen molar-refractivity contribution >= 4 is 5.91 Å². The summed E-state index contributed by atoms with van der Waals surface area (Å²) in [6, 6.07) is 5.15. The van der Waals surface area contributed by atoms with Crippen molar-refractivity contribution in [1.29, 1.82) is 0 Å². The van der Waals surface area contributed by atoms with Gasteiger partial charge in [0.2, 0.25) is 5.91 Å². The van der Waals surface area contributed by atoms with Crippen molar-refractivity contribution in [3.63, 3.8) is 0 Å². The molecule has 146 valence electrons. The normalized spacial score (nSPS) is 17.9. The lowest BCUT2D eigenvalue weighted by Gasteiger charge is -2.25. The van der Waals surface area contributed by atoms with Gasteiger partial charge in [0, 0.05) is 26.0 Å². The van der Waals surface area contributed by atoms with Crippen LogP contribution in [0.3, 0.4) is 0 Å². The fourth-order valence-corrected chi connectivity index (χ4v) is 3.21. The second kappa shape index (κ2) is 9.95. The van der Waals surface area contributed by atoms with Gasteiger partial charge in [-0.3, -0.25) is 4.79 Å². The van der Waals surface area contributed by atoms with Crippen LogP contribution in [0.1, 0.15) is 69.4 Å². The smallest absolute Gasteiger partial charge is 0.358 e. The van der Waals surface area contributed by atoms with E-state index in [4.69, 9.17) is 4.74 Å². The molecule has 1 heterocycles. The van der Waals surface area contributed by atoms with Gasteiger partial charge in [0.15, 0.2) is 0 Å². The van der Waals surface area contributed by atoms with Crippen molar-refractivity contribution < 1.29 is 22.7 Å². The highest BCUT2D eigenvalue weighted by Gasteiger charge is 2.33. The van der Waals surface area contributed by atoms with Crippen molar-refractivity contribution in [2.24, 2.45) is 0 Å². The third-order valence-corrected chi connectivity index (χ3v) is 4.69. The number of hydrogen-bond acceptors (Lipinski definition) is 2. The number of alkyl halides is 3. The molecule has 6 heteroatoms. The molecular weight excluding hydrogens is 343 g/mol. The molecule has 26 heavy (non-hydrogen) atoms. The number of carbonyl (C=O) groups excluding carboxylic acids is 1. The summed E-state index contributed by atoms with van der Waals surface area (Å²) in [4.78, 5) is 13.7. The average Bonchev–Trinajstić information content (AvgIpc) is 2.94. The Hall–Kier alpha value is -1.56. The molecule has 1 unspecified atom stereocenters. The van der Waals surface area contributed by atoms with Crippen LogP contribution in [-0.4, -0.2) is 23.6 Å². The number of amides is 1. The number of ether oxygens (including phenoxy) is 1. The highest BCUT2D eigenvalue weighted by atomic mass is 19.4. The van der Waals surface area contributed by atoms with E-state index in [0.29, 0.717) is 25.0 Å². The van der Waals surface area contributed by atoms with E-state index in [1.165, 1.54) is 31.7 Å². The summed E-state index contributed by atoms with van der Waals surface area (Å²) in [5, 5.41) is 0. The van der Waals surface area contributed by atoms with Crippen LogP contribution in [0, 0.1) is 0 Å². The van der Waals surface area contributed by atoms with Gasteiger partial charge >= 0.3 is 6.18 Å². The highest BCUT2D eigenvalue weighted by molar-refractivity contribution is 5.78. The molecule has 1 aromatic carbocycles. The van der Waals surface area contributed by atoms with Gasteiger partial charge in [0.1, 0.15) is 6.23 Å². The van der Waals surface area contributed by atoms with E-state index < -0.39 is 11.7 Å². The third kappa shape index (κ3) is 6.31. The van der Waals surface area contributed by atoms with Gasteiger partial charge in [-0.1, -0.05) is 51.2 Å². The van der Waals surface area contributed by atoms with Crippen molar-refractivity contribution in [3.05, 3.63) is 35.4 Å². The Morgan fingerprint density at radius 3 is 2.62 bits per heavy atom. The zero-order chi connectivity index (χ0) is 19.0. The van der Waals surface area contributed by atoms with Crippen LogP contribution < -0.4 is 0 Å². The first-order valence-corrected chi connectivity index (χ1v) is 9.49. The number of hydrogen-bond donors (Lipinski definition) is 0. The summed E-state index contributed by atoms with van der Waals surface area (Å²) in [6.07, 6.45) is 3.24. The van der Waals surface area contributed by atoms with Crippen molar-refractivity contribution in [3.8, 4) is 0 Å². The largest absolute Gasteiger partial charge is 0.416 e. The molecular formula is C20H28F3NO2. The second-order valence-corrected chi connectivity index (χ2v) is 6.85. The second-order valence-electron chi connectivity index (χ2n) is 6.85. The van der Waals surface area contributed by atoms with E-state index in [1.807, 2.05) is 0 Å². The van der Waals surface area contributed by atoms with Gasteiger partial charge in [-0.25, -0.2) is 0 Å². The molecule has 1 aromatic rings. The van der Waals surface area contributed by atoms with Crippen LogP contribution in [-0.2, 0) is 22.3 Å². The molecule has 0 aliphatic carbocycles. The lowest BCUT2D eigenvalue weighted by molar-refractivity contribution is -0.137. The molecule has 1 atom stereocenters. The molecule has 0 aromatic heterocycles. The number of nitrogens with zero attached hydrogens (tertiary/aromatic N) is 1. The molecule has 1 fully saturated rings. The maximum Gasteiger partial charge on any atom is 0.416 e. The number of halogens is 3. The molecule has 1 saturated heterocycles. The fourth-order valence-electron chi connectivity index (χ4n) is 3.21. The van der Waals surface area contributed by atoms with Gasteiger partial charge < -0.3 is 9.64 Å². The number of likely N-dealkylation sites (tertiary alicyclic amines) is 1. The molecule has 1 amide bonds. The minimum Gasteiger partial charge on any atom is -0.358 e. The van der Waals surface area contributed by atoms with Gasteiger partial charge in [-0.15, -0.1) is 0 Å². The van der Waals surface area contributed by atoms with Crippen LogP contribution in [0.25, 0.3) is 0 Å². The van der Waals surface area contributed by atoms with Gasteiger partial charge in [0.05, 0.1) is 5.56 Å². The van der Waals surface area contributed by atoms with Gasteiger partial charge in [0.25, 0.3) is 0 Å². The zero-order valence-electron chi connectivity index (χ0n) is 15.4. The number of carbonyl (C=O) groups is 1. The Morgan fingerprint density at radius 2 is 1.88 bits per heavy atom.